The van der Waals surface area contributed by atoms with Gasteiger partial charge in [-0.15, -0.1) is 0 Å². The highest BCUT2D eigenvalue weighted by Crippen LogP contribution is 2.36. The minimum absolute atomic E-state index is 0.112. The van der Waals surface area contributed by atoms with Gasteiger partial charge in [0.2, 0.25) is 0 Å². The Hall–Kier alpha value is -4.22. The van der Waals surface area contributed by atoms with Crippen molar-refractivity contribution in [1.82, 2.24) is 5.43 Å². The molecule has 0 spiro atoms. The van der Waals surface area contributed by atoms with Crippen LogP contribution in [0.4, 0.5) is 5.69 Å². The average molecular weight is 479 g/mol. The van der Waals surface area contributed by atoms with Crippen molar-refractivity contribution in [3.63, 3.8) is 0 Å². The molecule has 1 atom stereocenters. The van der Waals surface area contributed by atoms with Gasteiger partial charge in [0.1, 0.15) is 0 Å². The number of nitrogens with one attached hydrogen (secondary N) is 1. The van der Waals surface area contributed by atoms with Gasteiger partial charge >= 0.3 is 0 Å². The minimum atomic E-state index is -0.353. The number of hydrogen-bond acceptors (Lipinski definition) is 4. The van der Waals surface area contributed by atoms with Crippen LogP contribution in [-0.2, 0) is 0 Å². The second-order valence-corrected chi connectivity index (χ2v) is 8.57. The van der Waals surface area contributed by atoms with Gasteiger partial charge in [-0.05, 0) is 41.0 Å². The van der Waals surface area contributed by atoms with Gasteiger partial charge in [0.25, 0.3) is 5.91 Å². The molecule has 5 nitrogen and oxygen atoms in total. The summed E-state index contributed by atoms with van der Waals surface area (Å²) in [5.41, 5.74) is 8.17. The van der Waals surface area contributed by atoms with Gasteiger partial charge < -0.3 is 0 Å². The molecule has 5 rings (SSSR count). The van der Waals surface area contributed by atoms with Crippen molar-refractivity contribution < 1.29 is 4.79 Å². The lowest BCUT2D eigenvalue weighted by molar-refractivity contribution is 0.0955. The number of hydrazone groups is 2. The normalized spacial score (nSPS) is 15.3. The second kappa shape index (κ2) is 10.4. The monoisotopic (exact) mass is 478 g/mol. The van der Waals surface area contributed by atoms with Crippen molar-refractivity contribution in [2.45, 2.75) is 12.5 Å². The Morgan fingerprint density at radius 1 is 0.886 bits per heavy atom. The molecule has 172 valence electrons. The number of amides is 1. The molecule has 0 aromatic heterocycles. The third kappa shape index (κ3) is 5.15. The molecule has 0 saturated carbocycles. The van der Waals surface area contributed by atoms with Crippen LogP contribution in [0.5, 0.6) is 0 Å². The maximum absolute atomic E-state index is 12.3. The number of halogens is 1. The molecule has 1 amide bonds. The smallest absolute Gasteiger partial charge is 0.267 e. The van der Waals surface area contributed by atoms with E-state index in [0.717, 1.165) is 28.9 Å². The molecule has 4 aromatic rings. The fourth-order valence-electron chi connectivity index (χ4n) is 4.07. The van der Waals surface area contributed by atoms with Gasteiger partial charge in [-0.2, -0.15) is 10.2 Å². The Balaban J connectivity index is 1.34. The van der Waals surface area contributed by atoms with E-state index in [-0.39, 0.29) is 11.9 Å². The molecule has 0 fully saturated rings. The van der Waals surface area contributed by atoms with Crippen LogP contribution in [0, 0.1) is 0 Å². The zero-order chi connectivity index (χ0) is 24.0. The summed E-state index contributed by atoms with van der Waals surface area (Å²) < 4.78 is 0. The van der Waals surface area contributed by atoms with Crippen LogP contribution in [-0.4, -0.2) is 17.8 Å². The zero-order valence-corrected chi connectivity index (χ0v) is 19.6. The number of benzene rings is 4. The molecule has 6 heteroatoms. The highest BCUT2D eigenvalue weighted by Gasteiger charge is 2.29. The first-order valence-electron chi connectivity index (χ1n) is 11.3. The van der Waals surface area contributed by atoms with Gasteiger partial charge in [-0.25, -0.2) is 5.43 Å². The summed E-state index contributed by atoms with van der Waals surface area (Å²) in [6.45, 7) is 0. The van der Waals surface area contributed by atoms with Gasteiger partial charge in [0, 0.05) is 6.42 Å². The zero-order valence-electron chi connectivity index (χ0n) is 18.9. The predicted octanol–water partition coefficient (Wildman–Crippen LogP) is 6.46. The maximum atomic E-state index is 12.3. The number of rotatable bonds is 6. The summed E-state index contributed by atoms with van der Waals surface area (Å²) in [7, 11) is 0. The molecule has 0 bridgehead atoms. The molecular formula is C29H23ClN4O. The fourth-order valence-corrected chi connectivity index (χ4v) is 4.29. The van der Waals surface area contributed by atoms with Crippen molar-refractivity contribution in [2.75, 3.05) is 5.01 Å². The molecule has 0 aliphatic carbocycles. The molecule has 1 unspecified atom stereocenters. The highest BCUT2D eigenvalue weighted by molar-refractivity contribution is 6.33. The topological polar surface area (TPSA) is 57.1 Å². The van der Waals surface area contributed by atoms with Crippen molar-refractivity contribution in [3.05, 3.63) is 136 Å². The maximum Gasteiger partial charge on any atom is 0.272 e. The predicted molar refractivity (Wildman–Crippen MR) is 142 cm³/mol. The van der Waals surface area contributed by atoms with Crippen LogP contribution < -0.4 is 10.4 Å². The molecule has 35 heavy (non-hydrogen) atoms. The van der Waals surface area contributed by atoms with Gasteiger partial charge in [-0.1, -0.05) is 96.5 Å². The number of carbonyl (C=O) groups excluding carboxylic acids is 1. The Kier molecular flexibility index (Phi) is 6.68. The third-order valence-electron chi connectivity index (χ3n) is 5.86. The molecule has 1 heterocycles. The lowest BCUT2D eigenvalue weighted by atomic mass is 9.98. The van der Waals surface area contributed by atoms with E-state index in [2.05, 4.69) is 51.9 Å². The SMILES string of the molecule is O=C(NN=Cc1ccc(N2N=C(c3ccccc3)CC2c2ccccc2)cc1)c1ccccc1Cl. The second-order valence-electron chi connectivity index (χ2n) is 8.16. The van der Waals surface area contributed by atoms with E-state index in [9.17, 15) is 4.79 Å². The van der Waals surface area contributed by atoms with Crippen molar-refractivity contribution in [1.29, 1.82) is 0 Å². The first kappa shape index (κ1) is 22.6. The van der Waals surface area contributed by atoms with Crippen LogP contribution in [0.2, 0.25) is 5.02 Å². The average Bonchev–Trinajstić information content (AvgIpc) is 3.36. The number of carbonyl (C=O) groups is 1. The van der Waals surface area contributed by atoms with Crippen LogP contribution in [0.1, 0.15) is 39.5 Å². The fraction of sp³-hybridized carbons (Fsp3) is 0.0690. The van der Waals surface area contributed by atoms with E-state index in [0.29, 0.717) is 10.6 Å². The highest BCUT2D eigenvalue weighted by atomic mass is 35.5. The first-order valence-corrected chi connectivity index (χ1v) is 11.7. The van der Waals surface area contributed by atoms with E-state index in [1.54, 1.807) is 30.5 Å². The molecule has 0 radical (unpaired) electrons. The van der Waals surface area contributed by atoms with Crippen LogP contribution in [0.15, 0.2) is 119 Å². The summed E-state index contributed by atoms with van der Waals surface area (Å²) in [5, 5.41) is 11.5. The van der Waals surface area contributed by atoms with Crippen LogP contribution in [0.3, 0.4) is 0 Å². The summed E-state index contributed by atoms with van der Waals surface area (Å²) in [5.74, 6) is -0.353. The molecule has 1 aliphatic heterocycles. The van der Waals surface area contributed by atoms with Crippen molar-refractivity contribution >= 4 is 35.1 Å². The molecule has 1 N–H and O–H groups in total. The van der Waals surface area contributed by atoms with Gasteiger partial charge in [-0.3, -0.25) is 9.80 Å². The minimum Gasteiger partial charge on any atom is -0.267 e. The first-order chi connectivity index (χ1) is 17.2. The molecular weight excluding hydrogens is 456 g/mol. The van der Waals surface area contributed by atoms with Crippen molar-refractivity contribution in [2.24, 2.45) is 10.2 Å². The Morgan fingerprint density at radius 3 is 2.26 bits per heavy atom. The Labute approximate surface area is 209 Å². The lowest BCUT2D eigenvalue weighted by Gasteiger charge is -2.24. The summed E-state index contributed by atoms with van der Waals surface area (Å²) in [6.07, 6.45) is 2.43. The van der Waals surface area contributed by atoms with Gasteiger partial charge in [0.15, 0.2) is 0 Å². The van der Waals surface area contributed by atoms with E-state index >= 15 is 0 Å². The number of hydrogen-bond donors (Lipinski definition) is 1. The number of anilines is 1. The summed E-state index contributed by atoms with van der Waals surface area (Å²) in [4.78, 5) is 12.3. The van der Waals surface area contributed by atoms with Gasteiger partial charge in [0.05, 0.1) is 34.2 Å². The lowest BCUT2D eigenvalue weighted by Crippen LogP contribution is -2.18. The van der Waals surface area contributed by atoms with E-state index in [1.165, 1.54) is 5.56 Å². The van der Waals surface area contributed by atoms with Crippen LogP contribution in [0.25, 0.3) is 0 Å². The molecule has 4 aromatic carbocycles. The molecule has 1 aliphatic rings. The summed E-state index contributed by atoms with van der Waals surface area (Å²) >= 11 is 6.07. The molecule has 0 saturated heterocycles. The van der Waals surface area contributed by atoms with E-state index < -0.39 is 0 Å². The van der Waals surface area contributed by atoms with E-state index in [1.807, 2.05) is 48.5 Å². The summed E-state index contributed by atoms with van der Waals surface area (Å²) in [6, 6.07) is 35.7. The van der Waals surface area contributed by atoms with E-state index in [4.69, 9.17) is 16.7 Å². The standard InChI is InChI=1S/C29H23ClN4O/c30-26-14-8-7-13-25(26)29(35)32-31-20-21-15-17-24(18-16-21)34-28(23-11-5-2-6-12-23)19-27(33-34)22-9-3-1-4-10-22/h1-18,20,28H,19H2,(H,32,35). The van der Waals surface area contributed by atoms with Crippen molar-refractivity contribution in [3.8, 4) is 0 Å². The van der Waals surface area contributed by atoms with Crippen LogP contribution >= 0.6 is 11.6 Å². The Morgan fingerprint density at radius 2 is 1.54 bits per heavy atom. The largest absolute Gasteiger partial charge is 0.272 e. The quantitative estimate of drug-likeness (QED) is 0.255. The number of nitrogens with zero attached hydrogens (tertiary/aromatic N) is 3. The third-order valence-corrected chi connectivity index (χ3v) is 6.19. The Bertz CT molecular complexity index is 1370.